The van der Waals surface area contributed by atoms with Gasteiger partial charge in [0.25, 0.3) is 0 Å². The van der Waals surface area contributed by atoms with Crippen molar-refractivity contribution in [3.05, 3.63) is 0 Å². The van der Waals surface area contributed by atoms with Crippen molar-refractivity contribution in [3.8, 4) is 0 Å². The van der Waals surface area contributed by atoms with Gasteiger partial charge in [0.05, 0.1) is 6.61 Å². The molecule has 0 aromatic carbocycles. The molecule has 6 N–H and O–H groups in total. The van der Waals surface area contributed by atoms with Gasteiger partial charge < -0.3 is 39.9 Å². The number of phosphoric acid groups is 1. The van der Waals surface area contributed by atoms with Gasteiger partial charge >= 0.3 is 19.8 Å². The quantitative estimate of drug-likeness (QED) is 0.0191. The topological polar surface area (TPSA) is 210 Å². The number of ether oxygens (including phenoxy) is 2. The lowest BCUT2D eigenvalue weighted by Gasteiger charge is -2.41. The van der Waals surface area contributed by atoms with Crippen LogP contribution in [0.5, 0.6) is 0 Å². The van der Waals surface area contributed by atoms with Gasteiger partial charge in [0, 0.05) is 12.8 Å². The van der Waals surface area contributed by atoms with Crippen LogP contribution in [0.1, 0.15) is 258 Å². The molecular weight excluding hydrogens is 852 g/mol. The first-order valence-electron chi connectivity index (χ1n) is 26.8. The molecule has 0 spiro atoms. The zero-order chi connectivity index (χ0) is 47.8. The number of esters is 2. The van der Waals surface area contributed by atoms with Crippen LogP contribution >= 0.6 is 7.82 Å². The van der Waals surface area contributed by atoms with E-state index in [1.165, 1.54) is 180 Å². The normalized spacial score (nSPS) is 21.3. The van der Waals surface area contributed by atoms with E-state index in [-0.39, 0.29) is 12.8 Å². The molecule has 1 aliphatic rings. The molecule has 14 heteroatoms. The molecule has 13 nitrogen and oxygen atoms in total. The summed E-state index contributed by atoms with van der Waals surface area (Å²) in [4.78, 5) is 35.9. The first kappa shape index (κ1) is 61.9. The maximum atomic E-state index is 12.9. The fourth-order valence-corrected chi connectivity index (χ4v) is 9.62. The van der Waals surface area contributed by atoms with E-state index >= 15 is 0 Å². The van der Waals surface area contributed by atoms with Crippen molar-refractivity contribution in [2.45, 2.75) is 301 Å². The second-order valence-corrected chi connectivity index (χ2v) is 20.5. The first-order valence-corrected chi connectivity index (χ1v) is 28.3. The summed E-state index contributed by atoms with van der Waals surface area (Å²) in [7, 11) is -5.11. The molecule has 6 unspecified atom stereocenters. The number of carbonyl (C=O) groups is 2. The average molecular weight is 951 g/mol. The highest BCUT2D eigenvalue weighted by Crippen LogP contribution is 2.47. The number of rotatable bonds is 46. The predicted octanol–water partition coefficient (Wildman–Crippen LogP) is 11.6. The van der Waals surface area contributed by atoms with Gasteiger partial charge in [-0.3, -0.25) is 18.6 Å². The zero-order valence-corrected chi connectivity index (χ0v) is 42.2. The van der Waals surface area contributed by atoms with Crippen molar-refractivity contribution in [1.29, 1.82) is 0 Å². The number of carbonyl (C=O) groups excluding carboxylic acids is 2. The predicted molar refractivity (Wildman–Crippen MR) is 258 cm³/mol. The third-order valence-corrected chi connectivity index (χ3v) is 13.9. The molecule has 0 amide bonds. The van der Waals surface area contributed by atoms with Crippen LogP contribution in [0.2, 0.25) is 0 Å². The van der Waals surface area contributed by atoms with E-state index in [1.807, 2.05) is 0 Å². The molecule has 1 rings (SSSR count). The van der Waals surface area contributed by atoms with Gasteiger partial charge in [-0.05, 0) is 12.8 Å². The van der Waals surface area contributed by atoms with Crippen molar-refractivity contribution in [3.63, 3.8) is 0 Å². The molecule has 0 aliphatic heterocycles. The highest BCUT2D eigenvalue weighted by atomic mass is 31.2. The Morgan fingerprint density at radius 3 is 1.02 bits per heavy atom. The monoisotopic (exact) mass is 951 g/mol. The summed E-state index contributed by atoms with van der Waals surface area (Å²) in [5.41, 5.74) is 0. The Morgan fingerprint density at radius 2 is 0.692 bits per heavy atom. The minimum atomic E-state index is -5.11. The molecule has 0 bridgehead atoms. The second-order valence-electron chi connectivity index (χ2n) is 19.1. The summed E-state index contributed by atoms with van der Waals surface area (Å²) < 4.78 is 33.7. The molecule has 0 radical (unpaired) electrons. The summed E-state index contributed by atoms with van der Waals surface area (Å²) >= 11 is 0. The number of aliphatic hydroxyl groups is 5. The Balaban J connectivity index is 2.36. The Morgan fingerprint density at radius 1 is 0.415 bits per heavy atom. The highest BCUT2D eigenvalue weighted by molar-refractivity contribution is 7.47. The maximum Gasteiger partial charge on any atom is 0.472 e. The standard InChI is InChI=1S/C51H99O13P/c1-3-5-7-9-11-13-15-17-19-21-23-25-27-29-31-33-35-37-39-44(52)61-41-43(42-62-65(59,60)64-51-49(57)47(55)46(54)48(56)50(51)58)63-45(53)40-38-36-34-32-30-28-26-24-22-20-18-16-14-12-10-8-6-4-2/h43,46-51,54-58H,3-42H2,1-2H3,(H,59,60). The third-order valence-electron chi connectivity index (χ3n) is 12.9. The largest absolute Gasteiger partial charge is 0.472 e. The van der Waals surface area contributed by atoms with Crippen molar-refractivity contribution >= 4 is 19.8 Å². The van der Waals surface area contributed by atoms with E-state index in [1.54, 1.807) is 0 Å². The van der Waals surface area contributed by atoms with Crippen LogP contribution in [-0.2, 0) is 32.7 Å². The van der Waals surface area contributed by atoms with Gasteiger partial charge in [0.15, 0.2) is 6.10 Å². The van der Waals surface area contributed by atoms with Crippen LogP contribution in [0.4, 0.5) is 0 Å². The Labute approximate surface area is 395 Å². The molecule has 0 aromatic heterocycles. The van der Waals surface area contributed by atoms with E-state index in [0.717, 1.165) is 38.5 Å². The summed E-state index contributed by atoms with van der Waals surface area (Å²) in [5, 5.41) is 50.3. The molecule has 65 heavy (non-hydrogen) atoms. The maximum absolute atomic E-state index is 12.9. The van der Waals surface area contributed by atoms with Gasteiger partial charge in [0.2, 0.25) is 0 Å². The summed E-state index contributed by atoms with van der Waals surface area (Å²) in [6.07, 6.45) is 31.5. The van der Waals surface area contributed by atoms with Gasteiger partial charge in [-0.25, -0.2) is 4.57 Å². The first-order chi connectivity index (χ1) is 31.4. The van der Waals surface area contributed by atoms with E-state index in [2.05, 4.69) is 13.8 Å². The Hall–Kier alpha value is -1.15. The van der Waals surface area contributed by atoms with Crippen LogP contribution in [0, 0.1) is 0 Å². The van der Waals surface area contributed by atoms with Gasteiger partial charge in [-0.2, -0.15) is 0 Å². The van der Waals surface area contributed by atoms with E-state index in [9.17, 15) is 44.6 Å². The summed E-state index contributed by atoms with van der Waals surface area (Å²) in [6, 6.07) is 0. The summed E-state index contributed by atoms with van der Waals surface area (Å²) in [6.45, 7) is 3.36. The van der Waals surface area contributed by atoms with Crippen LogP contribution in [0.25, 0.3) is 0 Å². The van der Waals surface area contributed by atoms with Crippen LogP contribution in [0.3, 0.4) is 0 Å². The smallest absolute Gasteiger partial charge is 0.462 e. The van der Waals surface area contributed by atoms with Crippen molar-refractivity contribution in [1.82, 2.24) is 0 Å². The fraction of sp³-hybridized carbons (Fsp3) is 0.961. The third kappa shape index (κ3) is 33.9. The van der Waals surface area contributed by atoms with Crippen molar-refractivity contribution in [2.24, 2.45) is 0 Å². The lowest BCUT2D eigenvalue weighted by Crippen LogP contribution is -2.64. The van der Waals surface area contributed by atoms with Crippen LogP contribution in [-0.4, -0.2) is 98.3 Å². The Kier molecular flexibility index (Phi) is 39.8. The Bertz CT molecular complexity index is 1150. The molecule has 1 fully saturated rings. The molecular formula is C51H99O13P. The van der Waals surface area contributed by atoms with Gasteiger partial charge in [0.1, 0.15) is 43.2 Å². The molecule has 386 valence electrons. The SMILES string of the molecule is CCCCCCCCCCCCCCCCCCCCC(=O)OCC(COP(=O)(O)OC1C(O)C(O)C(O)C(O)C1O)OC(=O)CCCCCCCCCCCCCCCCCCCC. The molecule has 6 atom stereocenters. The molecule has 0 aromatic rings. The zero-order valence-electron chi connectivity index (χ0n) is 41.3. The van der Waals surface area contributed by atoms with E-state index in [0.29, 0.717) is 12.8 Å². The van der Waals surface area contributed by atoms with E-state index in [4.69, 9.17) is 18.5 Å². The fourth-order valence-electron chi connectivity index (χ4n) is 8.64. The number of hydrogen-bond acceptors (Lipinski definition) is 12. The molecule has 1 saturated carbocycles. The molecule has 0 heterocycles. The average Bonchev–Trinajstić information content (AvgIpc) is 3.29. The minimum Gasteiger partial charge on any atom is -0.462 e. The number of phosphoric ester groups is 1. The number of hydrogen-bond donors (Lipinski definition) is 6. The number of unbranched alkanes of at least 4 members (excludes halogenated alkanes) is 34. The lowest BCUT2D eigenvalue weighted by atomic mass is 9.85. The molecule has 1 aliphatic carbocycles. The lowest BCUT2D eigenvalue weighted by molar-refractivity contribution is -0.220. The van der Waals surface area contributed by atoms with Gasteiger partial charge in [-0.15, -0.1) is 0 Å². The van der Waals surface area contributed by atoms with Crippen molar-refractivity contribution in [2.75, 3.05) is 13.2 Å². The summed E-state index contributed by atoms with van der Waals surface area (Å²) in [5.74, 6) is -1.08. The van der Waals surface area contributed by atoms with Crippen LogP contribution < -0.4 is 0 Å². The van der Waals surface area contributed by atoms with E-state index < -0.39 is 75.7 Å². The minimum absolute atomic E-state index is 0.105. The van der Waals surface area contributed by atoms with Gasteiger partial charge in [-0.1, -0.05) is 232 Å². The molecule has 0 saturated heterocycles. The van der Waals surface area contributed by atoms with Crippen molar-refractivity contribution < 1.29 is 63.1 Å². The number of aliphatic hydroxyl groups excluding tert-OH is 5. The van der Waals surface area contributed by atoms with Crippen LogP contribution in [0.15, 0.2) is 0 Å². The highest BCUT2D eigenvalue weighted by Gasteiger charge is 2.51. The second kappa shape index (κ2) is 41.8.